The van der Waals surface area contributed by atoms with Gasteiger partial charge < -0.3 is 20.4 Å². The van der Waals surface area contributed by atoms with Crippen LogP contribution in [0, 0.1) is 0 Å². The molecule has 0 bridgehead atoms. The molecule has 0 aliphatic carbocycles. The molecule has 0 spiro atoms. The molecule has 0 saturated carbocycles. The summed E-state index contributed by atoms with van der Waals surface area (Å²) < 4.78 is 0. The van der Waals surface area contributed by atoms with Gasteiger partial charge in [0, 0.05) is 62.7 Å². The van der Waals surface area contributed by atoms with Gasteiger partial charge in [0.1, 0.15) is 11.6 Å². The zero-order chi connectivity index (χ0) is 23.9. The maximum atomic E-state index is 12.9. The van der Waals surface area contributed by atoms with Crippen molar-refractivity contribution >= 4 is 36.1 Å². The fourth-order valence-electron chi connectivity index (χ4n) is 3.80. The minimum Gasteiger partial charge on any atom is -0.368 e. The van der Waals surface area contributed by atoms with Crippen molar-refractivity contribution in [3.63, 3.8) is 0 Å². The number of rotatable bonds is 7. The van der Waals surface area contributed by atoms with Crippen molar-refractivity contribution < 1.29 is 9.59 Å². The van der Waals surface area contributed by atoms with Crippen LogP contribution >= 0.6 is 12.6 Å². The number of thiol groups is 1. The first-order chi connectivity index (χ1) is 16.5. The van der Waals surface area contributed by atoms with Crippen LogP contribution in [0.15, 0.2) is 65.6 Å². The third-order valence-electron chi connectivity index (χ3n) is 5.58. The molecule has 1 aromatic heterocycles. The molecule has 2 amide bonds. The highest BCUT2D eigenvalue weighted by molar-refractivity contribution is 7.80. The van der Waals surface area contributed by atoms with Crippen molar-refractivity contribution in [3.8, 4) is 11.4 Å². The smallest absolute Gasteiger partial charge is 0.255 e. The van der Waals surface area contributed by atoms with Crippen LogP contribution in [0.3, 0.4) is 0 Å². The first kappa shape index (κ1) is 23.6. The highest BCUT2D eigenvalue weighted by atomic mass is 32.1. The second-order valence-electron chi connectivity index (χ2n) is 8.01. The SMILES string of the molecule is CC(=O)NCCNc1cc(N2CCN(C(=O)c3ccccc3S)CC2)nc(-c2ccccc2)n1. The molecule has 9 heteroatoms. The Bertz CT molecular complexity index is 1150. The van der Waals surface area contributed by atoms with Gasteiger partial charge in [-0.05, 0) is 12.1 Å². The Morgan fingerprint density at radius 1 is 0.941 bits per heavy atom. The summed E-state index contributed by atoms with van der Waals surface area (Å²) in [6.07, 6.45) is 0. The van der Waals surface area contributed by atoms with Crippen molar-refractivity contribution in [2.75, 3.05) is 49.5 Å². The van der Waals surface area contributed by atoms with E-state index in [2.05, 4.69) is 33.1 Å². The van der Waals surface area contributed by atoms with E-state index in [0.717, 1.165) is 11.4 Å². The third-order valence-corrected chi connectivity index (χ3v) is 5.96. The van der Waals surface area contributed by atoms with Crippen LogP contribution in [0.2, 0.25) is 0 Å². The summed E-state index contributed by atoms with van der Waals surface area (Å²) in [6, 6.07) is 19.1. The Kier molecular flexibility index (Phi) is 7.64. The van der Waals surface area contributed by atoms with Crippen molar-refractivity contribution in [2.24, 2.45) is 0 Å². The molecule has 8 nitrogen and oxygen atoms in total. The monoisotopic (exact) mass is 476 g/mol. The molecule has 0 unspecified atom stereocenters. The van der Waals surface area contributed by atoms with Crippen LogP contribution in [0.1, 0.15) is 17.3 Å². The second kappa shape index (κ2) is 11.0. The van der Waals surface area contributed by atoms with E-state index in [1.807, 2.05) is 65.6 Å². The lowest BCUT2D eigenvalue weighted by Gasteiger charge is -2.35. The number of hydrogen-bond donors (Lipinski definition) is 3. The Hall–Kier alpha value is -3.59. The van der Waals surface area contributed by atoms with Gasteiger partial charge >= 0.3 is 0 Å². The molecule has 1 saturated heterocycles. The molecule has 0 atom stereocenters. The van der Waals surface area contributed by atoms with E-state index >= 15 is 0 Å². The molecule has 3 aromatic rings. The molecule has 0 radical (unpaired) electrons. The van der Waals surface area contributed by atoms with Crippen LogP contribution in [0.4, 0.5) is 11.6 Å². The van der Waals surface area contributed by atoms with E-state index < -0.39 is 0 Å². The zero-order valence-corrected chi connectivity index (χ0v) is 20.0. The van der Waals surface area contributed by atoms with Crippen molar-refractivity contribution in [1.82, 2.24) is 20.2 Å². The van der Waals surface area contributed by atoms with E-state index in [9.17, 15) is 9.59 Å². The van der Waals surface area contributed by atoms with Gasteiger partial charge in [0.2, 0.25) is 5.91 Å². The molecule has 2 N–H and O–H groups in total. The Balaban J connectivity index is 1.49. The summed E-state index contributed by atoms with van der Waals surface area (Å²) in [7, 11) is 0. The molecule has 4 rings (SSSR count). The van der Waals surface area contributed by atoms with Crippen molar-refractivity contribution in [3.05, 3.63) is 66.2 Å². The standard InChI is InChI=1S/C25H28N6O2S/c1-18(32)26-11-12-27-22-17-23(29-24(28-22)19-7-3-2-4-8-19)30-13-15-31(16-14-30)25(33)20-9-5-6-10-21(20)34/h2-10,17,34H,11-16H2,1H3,(H,26,32)(H,27,28,29). The molecule has 1 aliphatic heterocycles. The highest BCUT2D eigenvalue weighted by Gasteiger charge is 2.24. The first-order valence-corrected chi connectivity index (χ1v) is 11.7. The van der Waals surface area contributed by atoms with Crippen molar-refractivity contribution in [1.29, 1.82) is 0 Å². The number of aromatic nitrogens is 2. The predicted molar refractivity (Wildman–Crippen MR) is 136 cm³/mol. The van der Waals surface area contributed by atoms with Crippen LogP contribution in [-0.4, -0.2) is 66.0 Å². The van der Waals surface area contributed by atoms with Crippen molar-refractivity contribution in [2.45, 2.75) is 11.8 Å². The largest absolute Gasteiger partial charge is 0.368 e. The summed E-state index contributed by atoms with van der Waals surface area (Å²) >= 11 is 4.43. The van der Waals surface area contributed by atoms with E-state index in [1.165, 1.54) is 6.92 Å². The van der Waals surface area contributed by atoms with Crippen LogP contribution < -0.4 is 15.5 Å². The number of benzene rings is 2. The summed E-state index contributed by atoms with van der Waals surface area (Å²) in [5.41, 5.74) is 1.55. The van der Waals surface area contributed by atoms with Gasteiger partial charge in [0.15, 0.2) is 5.82 Å². The van der Waals surface area contributed by atoms with E-state index in [0.29, 0.717) is 61.4 Å². The molecular weight excluding hydrogens is 448 g/mol. The van der Waals surface area contributed by atoms with Gasteiger partial charge in [-0.15, -0.1) is 12.6 Å². The number of carbonyl (C=O) groups is 2. The van der Waals surface area contributed by atoms with Gasteiger partial charge in [0.05, 0.1) is 5.56 Å². The van der Waals surface area contributed by atoms with Crippen LogP contribution in [0.5, 0.6) is 0 Å². The van der Waals surface area contributed by atoms with Crippen LogP contribution in [0.25, 0.3) is 11.4 Å². The van der Waals surface area contributed by atoms with Crippen LogP contribution in [-0.2, 0) is 4.79 Å². The fraction of sp³-hybridized carbons (Fsp3) is 0.280. The number of anilines is 2. The van der Waals surface area contributed by atoms with E-state index in [1.54, 1.807) is 0 Å². The van der Waals surface area contributed by atoms with E-state index in [4.69, 9.17) is 4.98 Å². The maximum Gasteiger partial charge on any atom is 0.255 e. The number of hydrogen-bond acceptors (Lipinski definition) is 7. The molecular formula is C25H28N6O2S. The number of amides is 2. The molecule has 34 heavy (non-hydrogen) atoms. The Morgan fingerprint density at radius 3 is 2.35 bits per heavy atom. The summed E-state index contributed by atoms with van der Waals surface area (Å²) in [6.45, 7) is 5.07. The summed E-state index contributed by atoms with van der Waals surface area (Å²) in [4.78, 5) is 38.3. The molecule has 176 valence electrons. The Labute approximate surface area is 204 Å². The highest BCUT2D eigenvalue weighted by Crippen LogP contribution is 2.24. The topological polar surface area (TPSA) is 90.5 Å². The van der Waals surface area contributed by atoms with Gasteiger partial charge in [-0.3, -0.25) is 9.59 Å². The maximum absolute atomic E-state index is 12.9. The first-order valence-electron chi connectivity index (χ1n) is 11.3. The lowest BCUT2D eigenvalue weighted by atomic mass is 10.1. The lowest BCUT2D eigenvalue weighted by molar-refractivity contribution is -0.118. The predicted octanol–water partition coefficient (Wildman–Crippen LogP) is 2.94. The molecule has 1 fully saturated rings. The van der Waals surface area contributed by atoms with Gasteiger partial charge in [-0.2, -0.15) is 0 Å². The summed E-state index contributed by atoms with van der Waals surface area (Å²) in [5.74, 6) is 2.05. The van der Waals surface area contributed by atoms with Gasteiger partial charge in [0.25, 0.3) is 5.91 Å². The lowest BCUT2D eigenvalue weighted by Crippen LogP contribution is -2.49. The minimum atomic E-state index is -0.0666. The average Bonchev–Trinajstić information content (AvgIpc) is 2.87. The number of nitrogens with one attached hydrogen (secondary N) is 2. The second-order valence-corrected chi connectivity index (χ2v) is 8.49. The zero-order valence-electron chi connectivity index (χ0n) is 19.1. The molecule has 2 aromatic carbocycles. The number of carbonyl (C=O) groups excluding carboxylic acids is 2. The summed E-state index contributed by atoms with van der Waals surface area (Å²) in [5, 5.41) is 6.05. The fourth-order valence-corrected chi connectivity index (χ4v) is 4.05. The van der Waals surface area contributed by atoms with Gasteiger partial charge in [-0.25, -0.2) is 9.97 Å². The van der Waals surface area contributed by atoms with E-state index in [-0.39, 0.29) is 11.8 Å². The Morgan fingerprint density at radius 2 is 1.65 bits per heavy atom. The quantitative estimate of drug-likeness (QED) is 0.359. The van der Waals surface area contributed by atoms with Gasteiger partial charge in [-0.1, -0.05) is 42.5 Å². The molecule has 1 aliphatic rings. The third kappa shape index (κ3) is 5.85. The number of nitrogens with zero attached hydrogens (tertiary/aromatic N) is 4. The average molecular weight is 477 g/mol. The number of piperazine rings is 1. The normalized spacial score (nSPS) is 13.5. The minimum absolute atomic E-state index is 0.00163. The molecule has 2 heterocycles.